The zero-order valence-corrected chi connectivity index (χ0v) is 19.1. The number of ether oxygens (including phenoxy) is 1. The van der Waals surface area contributed by atoms with Crippen molar-refractivity contribution in [3.63, 3.8) is 0 Å². The maximum Gasteiger partial charge on any atom is 0.122 e. The molecule has 1 aliphatic rings. The quantitative estimate of drug-likeness (QED) is 0.634. The molecule has 1 aliphatic heterocycles. The number of nitrogens with zero attached hydrogens (tertiary/aromatic N) is 1. The number of likely N-dealkylation sites (tertiary alicyclic amines) is 1. The lowest BCUT2D eigenvalue weighted by atomic mass is 9.79. The molecule has 2 aromatic rings. The highest BCUT2D eigenvalue weighted by Crippen LogP contribution is 2.38. The first-order valence-electron chi connectivity index (χ1n) is 9.97. The summed E-state index contributed by atoms with van der Waals surface area (Å²) in [5, 5.41) is 12.8. The minimum Gasteiger partial charge on any atom is -0.491 e. The number of benzene rings is 1. The van der Waals surface area contributed by atoms with Crippen molar-refractivity contribution in [3.8, 4) is 5.75 Å². The molecule has 0 amide bonds. The number of halogens is 1. The summed E-state index contributed by atoms with van der Waals surface area (Å²) in [7, 11) is 0. The van der Waals surface area contributed by atoms with Gasteiger partial charge in [-0.25, -0.2) is 0 Å². The van der Waals surface area contributed by atoms with Crippen molar-refractivity contribution in [1.82, 2.24) is 4.90 Å². The summed E-state index contributed by atoms with van der Waals surface area (Å²) in [6.45, 7) is 10.1. The molecule has 0 spiro atoms. The van der Waals surface area contributed by atoms with Crippen molar-refractivity contribution in [3.05, 3.63) is 52.2 Å². The Labute approximate surface area is 180 Å². The van der Waals surface area contributed by atoms with E-state index in [9.17, 15) is 5.11 Å². The van der Waals surface area contributed by atoms with E-state index < -0.39 is 6.10 Å². The number of para-hydroxylation sites is 1. The van der Waals surface area contributed by atoms with Crippen LogP contribution in [0.25, 0.3) is 0 Å². The Morgan fingerprint density at radius 2 is 1.75 bits per heavy atom. The van der Waals surface area contributed by atoms with Gasteiger partial charge in [0.1, 0.15) is 18.5 Å². The molecule has 1 unspecified atom stereocenters. The van der Waals surface area contributed by atoms with Crippen molar-refractivity contribution in [2.75, 3.05) is 13.2 Å². The number of hydrogen-bond acceptors (Lipinski definition) is 4. The average Bonchev–Trinajstić information content (AvgIpc) is 3.10. The van der Waals surface area contributed by atoms with E-state index in [1.807, 2.05) is 18.2 Å². The van der Waals surface area contributed by atoms with Crippen LogP contribution in [-0.2, 0) is 6.42 Å². The van der Waals surface area contributed by atoms with Gasteiger partial charge in [-0.2, -0.15) is 0 Å². The van der Waals surface area contributed by atoms with E-state index >= 15 is 0 Å². The van der Waals surface area contributed by atoms with Crippen LogP contribution in [0.3, 0.4) is 0 Å². The standard InChI is InChI=1S/C23H33NO2S.ClH/c1-22(2)12-8-13-23(3,4)24(22)16-19(25)17-26-21-11-6-5-9-18(21)15-20-10-7-14-27-20;/h5-7,9-11,14,19,25H,8,12-13,15-17H2,1-4H3;1H. The zero-order valence-electron chi connectivity index (χ0n) is 17.5. The van der Waals surface area contributed by atoms with Gasteiger partial charge in [-0.3, -0.25) is 4.90 Å². The lowest BCUT2D eigenvalue weighted by Crippen LogP contribution is -2.60. The van der Waals surface area contributed by atoms with Crippen molar-refractivity contribution >= 4 is 23.7 Å². The van der Waals surface area contributed by atoms with Crippen LogP contribution in [0.5, 0.6) is 5.75 Å². The highest BCUT2D eigenvalue weighted by atomic mass is 35.5. The first-order valence-corrected chi connectivity index (χ1v) is 10.8. The number of aliphatic hydroxyl groups is 1. The second-order valence-electron chi connectivity index (χ2n) is 8.92. The Kier molecular flexibility index (Phi) is 7.97. The molecule has 156 valence electrons. The lowest BCUT2D eigenvalue weighted by molar-refractivity contribution is -0.0607. The maximum absolute atomic E-state index is 10.7. The molecule has 1 atom stereocenters. The zero-order chi connectivity index (χ0) is 19.5. The van der Waals surface area contributed by atoms with Crippen molar-refractivity contribution < 1.29 is 9.84 Å². The van der Waals surface area contributed by atoms with E-state index in [-0.39, 0.29) is 23.5 Å². The van der Waals surface area contributed by atoms with Gasteiger partial charge in [-0.1, -0.05) is 24.3 Å². The van der Waals surface area contributed by atoms with Crippen molar-refractivity contribution in [2.24, 2.45) is 0 Å². The summed E-state index contributed by atoms with van der Waals surface area (Å²) in [5.41, 5.74) is 1.39. The Hall–Kier alpha value is -1.07. The molecule has 3 rings (SSSR count). The number of piperidine rings is 1. The Bertz CT molecular complexity index is 714. The van der Waals surface area contributed by atoms with Gasteiger partial charge in [-0.05, 0) is 70.0 Å². The second-order valence-corrected chi connectivity index (χ2v) is 9.95. The minimum atomic E-state index is -0.503. The van der Waals surface area contributed by atoms with E-state index in [0.717, 1.165) is 12.2 Å². The van der Waals surface area contributed by atoms with Gasteiger partial charge in [0.2, 0.25) is 0 Å². The fourth-order valence-electron chi connectivity index (χ4n) is 4.38. The topological polar surface area (TPSA) is 32.7 Å². The first-order chi connectivity index (χ1) is 12.8. The molecular weight excluding hydrogens is 390 g/mol. The molecular formula is C23H34ClNO2S. The number of thiophene rings is 1. The average molecular weight is 424 g/mol. The fraction of sp³-hybridized carbons (Fsp3) is 0.565. The van der Waals surface area contributed by atoms with E-state index in [1.165, 1.54) is 29.7 Å². The molecule has 28 heavy (non-hydrogen) atoms. The molecule has 0 saturated carbocycles. The number of aliphatic hydroxyl groups excluding tert-OH is 1. The number of rotatable bonds is 7. The lowest BCUT2D eigenvalue weighted by Gasteiger charge is -2.53. The first kappa shape index (κ1) is 23.2. The van der Waals surface area contributed by atoms with Crippen LogP contribution in [0.15, 0.2) is 41.8 Å². The molecule has 3 nitrogen and oxygen atoms in total. The minimum absolute atomic E-state index is 0. The molecule has 0 aliphatic carbocycles. The number of β-amino-alcohol motifs (C(OH)–C–C–N with tert-alkyl or cyclic N) is 1. The highest BCUT2D eigenvalue weighted by molar-refractivity contribution is 7.09. The van der Waals surface area contributed by atoms with Crippen LogP contribution in [0, 0.1) is 0 Å². The highest BCUT2D eigenvalue weighted by Gasteiger charge is 2.41. The smallest absolute Gasteiger partial charge is 0.122 e. The number of hydrogen-bond donors (Lipinski definition) is 1. The molecule has 1 fully saturated rings. The van der Waals surface area contributed by atoms with E-state index in [2.05, 4.69) is 56.2 Å². The van der Waals surface area contributed by atoms with Gasteiger partial charge in [0.25, 0.3) is 0 Å². The van der Waals surface area contributed by atoms with Crippen molar-refractivity contribution in [2.45, 2.75) is 70.6 Å². The molecule has 0 bridgehead atoms. The predicted molar refractivity (Wildman–Crippen MR) is 121 cm³/mol. The van der Waals surface area contributed by atoms with Gasteiger partial charge in [0.05, 0.1) is 0 Å². The van der Waals surface area contributed by atoms with Crippen LogP contribution in [0.4, 0.5) is 0 Å². The Balaban J connectivity index is 0.00000280. The molecule has 0 radical (unpaired) electrons. The van der Waals surface area contributed by atoms with Crippen LogP contribution in [0.2, 0.25) is 0 Å². The molecule has 1 N–H and O–H groups in total. The Morgan fingerprint density at radius 3 is 2.39 bits per heavy atom. The summed E-state index contributed by atoms with van der Waals surface area (Å²) in [6, 6.07) is 12.4. The molecule has 1 saturated heterocycles. The van der Waals surface area contributed by atoms with Crippen LogP contribution in [0.1, 0.15) is 57.4 Å². The maximum atomic E-state index is 10.7. The van der Waals surface area contributed by atoms with Gasteiger partial charge in [0.15, 0.2) is 0 Å². The summed E-state index contributed by atoms with van der Waals surface area (Å²) < 4.78 is 6.05. The third-order valence-corrected chi connectivity index (χ3v) is 6.66. The van der Waals surface area contributed by atoms with Crippen LogP contribution < -0.4 is 4.74 Å². The van der Waals surface area contributed by atoms with Crippen LogP contribution in [-0.4, -0.2) is 40.3 Å². The summed E-state index contributed by atoms with van der Waals surface area (Å²) in [4.78, 5) is 3.79. The van der Waals surface area contributed by atoms with Gasteiger partial charge >= 0.3 is 0 Å². The Morgan fingerprint density at radius 1 is 1.07 bits per heavy atom. The largest absolute Gasteiger partial charge is 0.491 e. The summed E-state index contributed by atoms with van der Waals surface area (Å²) in [6.07, 6.45) is 3.97. The van der Waals surface area contributed by atoms with E-state index in [0.29, 0.717) is 13.2 Å². The predicted octanol–water partition coefficient (Wildman–Crippen LogP) is 5.54. The monoisotopic (exact) mass is 423 g/mol. The van der Waals surface area contributed by atoms with Gasteiger partial charge < -0.3 is 9.84 Å². The second kappa shape index (κ2) is 9.62. The van der Waals surface area contributed by atoms with Gasteiger partial charge in [-0.15, -0.1) is 23.7 Å². The summed E-state index contributed by atoms with van der Waals surface area (Å²) >= 11 is 1.76. The van der Waals surface area contributed by atoms with E-state index in [4.69, 9.17) is 4.74 Å². The third kappa shape index (κ3) is 5.73. The van der Waals surface area contributed by atoms with Crippen LogP contribution >= 0.6 is 23.7 Å². The molecule has 2 heterocycles. The molecule has 1 aromatic carbocycles. The SMILES string of the molecule is CC1(C)CCCC(C)(C)N1CC(O)COc1ccccc1Cc1cccs1.Cl. The normalized spacial score (nSPS) is 19.6. The third-order valence-electron chi connectivity index (χ3n) is 5.78. The summed E-state index contributed by atoms with van der Waals surface area (Å²) in [5.74, 6) is 0.877. The molecule has 1 aromatic heterocycles. The van der Waals surface area contributed by atoms with Gasteiger partial charge in [0, 0.05) is 28.9 Å². The molecule has 5 heteroatoms. The fourth-order valence-corrected chi connectivity index (χ4v) is 5.11. The van der Waals surface area contributed by atoms with Crippen molar-refractivity contribution in [1.29, 1.82) is 0 Å². The van der Waals surface area contributed by atoms with E-state index in [1.54, 1.807) is 11.3 Å².